The fourth-order valence-corrected chi connectivity index (χ4v) is 4.07. The predicted molar refractivity (Wildman–Crippen MR) is 96.7 cm³/mol. The van der Waals surface area contributed by atoms with Gasteiger partial charge in [-0.15, -0.1) is 0 Å². The highest BCUT2D eigenvalue weighted by molar-refractivity contribution is 7.88. The number of ether oxygens (including phenoxy) is 1. The molecule has 27 heavy (non-hydrogen) atoms. The quantitative estimate of drug-likeness (QED) is 0.482. The Balaban J connectivity index is 1.89. The van der Waals surface area contributed by atoms with Crippen molar-refractivity contribution in [1.29, 1.82) is 0 Å². The fourth-order valence-electron chi connectivity index (χ4n) is 2.81. The topological polar surface area (TPSA) is 133 Å². The number of nitrogens with one attached hydrogen (secondary N) is 1. The number of amides is 2. The van der Waals surface area contributed by atoms with Crippen LogP contribution in [-0.4, -0.2) is 114 Å². The van der Waals surface area contributed by atoms with Crippen molar-refractivity contribution in [2.24, 2.45) is 5.92 Å². The monoisotopic (exact) mass is 426 g/mol. The first-order chi connectivity index (χ1) is 12.4. The van der Waals surface area contributed by atoms with Gasteiger partial charge in [-0.3, -0.25) is 9.59 Å². The van der Waals surface area contributed by atoms with Crippen LogP contribution < -0.4 is 5.32 Å². The minimum atomic E-state index is -3.47. The standard InChI is InChI=1S/C14H26N4O7S2/c1-16(26(2,21)22)9-13(19)15-12-8-17(4-5-25-10-12)14(20)11-6-18(7-11)27(3,23)24/h11-12H,4-10H2,1-3H3,(H,15,19). The molecule has 0 radical (unpaired) electrons. The molecule has 1 atom stereocenters. The van der Waals surface area contributed by atoms with Gasteiger partial charge in [0.05, 0.1) is 44.2 Å². The Morgan fingerprint density at radius 1 is 1.15 bits per heavy atom. The van der Waals surface area contributed by atoms with E-state index in [2.05, 4.69) is 5.32 Å². The first-order valence-corrected chi connectivity index (χ1v) is 12.1. The highest BCUT2D eigenvalue weighted by Crippen LogP contribution is 2.21. The van der Waals surface area contributed by atoms with Crippen LogP contribution in [0.2, 0.25) is 0 Å². The van der Waals surface area contributed by atoms with Crippen molar-refractivity contribution in [2.75, 3.05) is 65.5 Å². The molecule has 2 heterocycles. The van der Waals surface area contributed by atoms with Crippen LogP contribution in [0.4, 0.5) is 0 Å². The number of carbonyl (C=O) groups excluding carboxylic acids is 2. The molecule has 2 fully saturated rings. The average molecular weight is 427 g/mol. The fraction of sp³-hybridized carbons (Fsp3) is 0.857. The summed E-state index contributed by atoms with van der Waals surface area (Å²) in [6.45, 7) is 1.08. The third kappa shape index (κ3) is 6.10. The summed E-state index contributed by atoms with van der Waals surface area (Å²) in [6, 6.07) is -0.469. The van der Waals surface area contributed by atoms with Gasteiger partial charge in [-0.25, -0.2) is 21.1 Å². The van der Waals surface area contributed by atoms with Crippen molar-refractivity contribution in [1.82, 2.24) is 18.8 Å². The van der Waals surface area contributed by atoms with Crippen LogP contribution in [0.25, 0.3) is 0 Å². The third-order valence-electron chi connectivity index (χ3n) is 4.54. The molecule has 11 nitrogen and oxygen atoms in total. The van der Waals surface area contributed by atoms with E-state index in [4.69, 9.17) is 4.74 Å². The van der Waals surface area contributed by atoms with E-state index < -0.39 is 37.9 Å². The molecule has 0 aliphatic carbocycles. The molecule has 156 valence electrons. The van der Waals surface area contributed by atoms with Gasteiger partial charge in [0, 0.05) is 33.2 Å². The van der Waals surface area contributed by atoms with E-state index in [0.29, 0.717) is 13.2 Å². The van der Waals surface area contributed by atoms with Gasteiger partial charge in [0.1, 0.15) is 0 Å². The van der Waals surface area contributed by atoms with Crippen molar-refractivity contribution in [2.45, 2.75) is 6.04 Å². The summed E-state index contributed by atoms with van der Waals surface area (Å²) < 4.78 is 53.2. The van der Waals surface area contributed by atoms with Crippen molar-refractivity contribution >= 4 is 31.9 Å². The molecule has 2 rings (SSSR count). The maximum atomic E-state index is 12.6. The van der Waals surface area contributed by atoms with Crippen LogP contribution in [0, 0.1) is 5.92 Å². The number of sulfonamides is 2. The molecule has 1 N–H and O–H groups in total. The van der Waals surface area contributed by atoms with Crippen molar-refractivity contribution < 1.29 is 31.2 Å². The van der Waals surface area contributed by atoms with Crippen LogP contribution >= 0.6 is 0 Å². The second-order valence-electron chi connectivity index (χ2n) is 6.92. The highest BCUT2D eigenvalue weighted by atomic mass is 32.2. The Kier molecular flexibility index (Phi) is 6.84. The van der Waals surface area contributed by atoms with E-state index in [0.717, 1.165) is 16.8 Å². The van der Waals surface area contributed by atoms with Gasteiger partial charge in [-0.2, -0.15) is 4.31 Å². The molecule has 0 bridgehead atoms. The van der Waals surface area contributed by atoms with Crippen LogP contribution in [0.15, 0.2) is 0 Å². The first-order valence-electron chi connectivity index (χ1n) is 8.40. The molecular formula is C14H26N4O7S2. The lowest BCUT2D eigenvalue weighted by Crippen LogP contribution is -2.57. The molecule has 2 aliphatic rings. The van der Waals surface area contributed by atoms with E-state index in [9.17, 15) is 26.4 Å². The largest absolute Gasteiger partial charge is 0.377 e. The lowest BCUT2D eigenvalue weighted by atomic mass is 10.0. The van der Waals surface area contributed by atoms with E-state index in [1.807, 2.05) is 0 Å². The van der Waals surface area contributed by atoms with Gasteiger partial charge in [-0.1, -0.05) is 0 Å². The Morgan fingerprint density at radius 3 is 2.33 bits per heavy atom. The van der Waals surface area contributed by atoms with E-state index in [1.54, 1.807) is 4.90 Å². The SMILES string of the molecule is CN(CC(=O)NC1COCCN(C(=O)C2CN(S(C)(=O)=O)C2)C1)S(C)(=O)=O. The third-order valence-corrected chi connectivity index (χ3v) is 7.04. The van der Waals surface area contributed by atoms with Crippen LogP contribution in [0.3, 0.4) is 0 Å². The summed E-state index contributed by atoms with van der Waals surface area (Å²) in [7, 11) is -5.46. The van der Waals surface area contributed by atoms with Gasteiger partial charge in [-0.05, 0) is 0 Å². The minimum Gasteiger partial charge on any atom is -0.377 e. The maximum Gasteiger partial charge on any atom is 0.235 e. The average Bonchev–Trinajstić information content (AvgIpc) is 2.68. The molecular weight excluding hydrogens is 400 g/mol. The second-order valence-corrected chi connectivity index (χ2v) is 11.0. The van der Waals surface area contributed by atoms with Crippen molar-refractivity contribution in [3.8, 4) is 0 Å². The molecule has 0 aromatic rings. The van der Waals surface area contributed by atoms with Crippen molar-refractivity contribution in [3.63, 3.8) is 0 Å². The van der Waals surface area contributed by atoms with Gasteiger partial charge >= 0.3 is 0 Å². The molecule has 0 aromatic carbocycles. The maximum absolute atomic E-state index is 12.6. The van der Waals surface area contributed by atoms with E-state index in [-0.39, 0.29) is 38.7 Å². The summed E-state index contributed by atoms with van der Waals surface area (Å²) in [5, 5.41) is 2.68. The molecule has 2 saturated heterocycles. The summed E-state index contributed by atoms with van der Waals surface area (Å²) >= 11 is 0. The predicted octanol–water partition coefficient (Wildman–Crippen LogP) is -2.89. The van der Waals surface area contributed by atoms with Crippen LogP contribution in [-0.2, 0) is 34.4 Å². The Labute approximate surface area is 159 Å². The van der Waals surface area contributed by atoms with E-state index in [1.165, 1.54) is 11.4 Å². The smallest absolute Gasteiger partial charge is 0.235 e. The Hall–Kier alpha value is -1.28. The van der Waals surface area contributed by atoms with Gasteiger partial charge in [0.25, 0.3) is 0 Å². The molecule has 0 spiro atoms. The molecule has 2 aliphatic heterocycles. The second kappa shape index (κ2) is 8.39. The van der Waals surface area contributed by atoms with Gasteiger partial charge in [0.2, 0.25) is 31.9 Å². The zero-order valence-electron chi connectivity index (χ0n) is 15.6. The minimum absolute atomic E-state index is 0.158. The number of nitrogens with zero attached hydrogens (tertiary/aromatic N) is 3. The van der Waals surface area contributed by atoms with E-state index >= 15 is 0 Å². The molecule has 2 amide bonds. The number of hydrogen-bond acceptors (Lipinski definition) is 7. The molecule has 0 aromatic heterocycles. The Bertz CT molecular complexity index is 777. The molecule has 0 saturated carbocycles. The lowest BCUT2D eigenvalue weighted by molar-refractivity contribution is -0.139. The Morgan fingerprint density at radius 2 is 1.78 bits per heavy atom. The lowest BCUT2D eigenvalue weighted by Gasteiger charge is -2.39. The van der Waals surface area contributed by atoms with Crippen LogP contribution in [0.5, 0.6) is 0 Å². The van der Waals surface area contributed by atoms with Gasteiger partial charge < -0.3 is 15.0 Å². The molecule has 13 heteroatoms. The first kappa shape index (κ1) is 22.0. The van der Waals surface area contributed by atoms with Crippen molar-refractivity contribution in [3.05, 3.63) is 0 Å². The summed E-state index contributed by atoms with van der Waals surface area (Å²) in [5.41, 5.74) is 0. The number of rotatable bonds is 6. The normalized spacial score (nSPS) is 23.0. The number of likely N-dealkylation sites (N-methyl/N-ethyl adjacent to an activating group) is 1. The zero-order chi connectivity index (χ0) is 20.4. The summed E-state index contributed by atoms with van der Waals surface area (Å²) in [5.74, 6) is -1.06. The zero-order valence-corrected chi connectivity index (χ0v) is 17.3. The molecule has 1 unspecified atom stereocenters. The number of carbonyl (C=O) groups is 2. The summed E-state index contributed by atoms with van der Waals surface area (Å²) in [4.78, 5) is 26.2. The number of hydrogen-bond donors (Lipinski definition) is 1. The summed E-state index contributed by atoms with van der Waals surface area (Å²) in [6.07, 6.45) is 2.11. The highest BCUT2D eigenvalue weighted by Gasteiger charge is 2.40. The van der Waals surface area contributed by atoms with Crippen LogP contribution in [0.1, 0.15) is 0 Å². The van der Waals surface area contributed by atoms with Gasteiger partial charge in [0.15, 0.2) is 0 Å².